The normalized spacial score (nSPS) is 10.5. The van der Waals surface area contributed by atoms with Crippen LogP contribution in [0.4, 0.5) is 0 Å². The van der Waals surface area contributed by atoms with Crippen molar-refractivity contribution in [2.75, 3.05) is 0 Å². The quantitative estimate of drug-likeness (QED) is 0.659. The third kappa shape index (κ3) is 1.16. The van der Waals surface area contributed by atoms with Crippen molar-refractivity contribution >= 4 is 12.2 Å². The first kappa shape index (κ1) is 6.81. The Kier molecular flexibility index (Phi) is 2.05. The van der Waals surface area contributed by atoms with Gasteiger partial charge in [0.1, 0.15) is 0 Å². The molecule has 0 radical (unpaired) electrons. The second-order valence-electron chi connectivity index (χ2n) is 1.94. The molecule has 0 saturated heterocycles. The lowest BCUT2D eigenvalue weighted by Gasteiger charge is -1.85. The van der Waals surface area contributed by atoms with Crippen LogP contribution in [0.2, 0.25) is 0 Å². The molecular formula is C8H10N2. The van der Waals surface area contributed by atoms with Gasteiger partial charge in [0.05, 0.1) is 11.9 Å². The van der Waals surface area contributed by atoms with Crippen molar-refractivity contribution in [3.63, 3.8) is 0 Å². The highest BCUT2D eigenvalue weighted by Gasteiger charge is 1.93. The van der Waals surface area contributed by atoms with E-state index in [-0.39, 0.29) is 0 Å². The van der Waals surface area contributed by atoms with E-state index in [1.807, 2.05) is 19.1 Å². The standard InChI is InChI=1S/C8H10N2/c1-3-5-7-6-9-10-8(7)4-2/h3-6H,2H2,1H3,(H,9,10). The van der Waals surface area contributed by atoms with Gasteiger partial charge in [-0.25, -0.2) is 0 Å². The van der Waals surface area contributed by atoms with Crippen LogP contribution in [-0.4, -0.2) is 10.2 Å². The minimum absolute atomic E-state index is 0.970. The van der Waals surface area contributed by atoms with Crippen LogP contribution in [0.15, 0.2) is 18.9 Å². The molecule has 1 aromatic rings. The maximum absolute atomic E-state index is 3.86. The Bertz CT molecular complexity index is 246. The highest BCUT2D eigenvalue weighted by Crippen LogP contribution is 2.06. The summed E-state index contributed by atoms with van der Waals surface area (Å²) < 4.78 is 0. The fourth-order valence-corrected chi connectivity index (χ4v) is 0.781. The fraction of sp³-hybridized carbons (Fsp3) is 0.125. The van der Waals surface area contributed by atoms with E-state index in [1.165, 1.54) is 0 Å². The predicted octanol–water partition coefficient (Wildman–Crippen LogP) is 2.09. The maximum Gasteiger partial charge on any atom is 0.0644 e. The molecule has 0 spiro atoms. The molecule has 0 aliphatic rings. The van der Waals surface area contributed by atoms with Gasteiger partial charge >= 0.3 is 0 Å². The average Bonchev–Trinajstić information content (AvgIpc) is 2.36. The van der Waals surface area contributed by atoms with E-state index in [0.29, 0.717) is 0 Å². The Labute approximate surface area is 60.3 Å². The minimum Gasteiger partial charge on any atom is -0.278 e. The molecule has 0 aliphatic carbocycles. The van der Waals surface area contributed by atoms with E-state index in [4.69, 9.17) is 0 Å². The first-order valence-electron chi connectivity index (χ1n) is 3.17. The Morgan fingerprint density at radius 2 is 2.50 bits per heavy atom. The molecule has 0 aliphatic heterocycles. The summed E-state index contributed by atoms with van der Waals surface area (Å²) in [6.07, 6.45) is 7.48. The Hall–Kier alpha value is -1.31. The van der Waals surface area contributed by atoms with Gasteiger partial charge < -0.3 is 0 Å². The highest BCUT2D eigenvalue weighted by molar-refractivity contribution is 5.60. The van der Waals surface area contributed by atoms with Crippen molar-refractivity contribution in [3.8, 4) is 0 Å². The van der Waals surface area contributed by atoms with E-state index in [0.717, 1.165) is 11.3 Å². The lowest BCUT2D eigenvalue weighted by molar-refractivity contribution is 1.08. The number of nitrogens with zero attached hydrogens (tertiary/aromatic N) is 1. The first-order chi connectivity index (χ1) is 4.88. The summed E-state index contributed by atoms with van der Waals surface area (Å²) in [5.74, 6) is 0. The van der Waals surface area contributed by atoms with E-state index in [9.17, 15) is 0 Å². The molecule has 0 atom stereocenters. The molecule has 1 N–H and O–H groups in total. The third-order valence-corrected chi connectivity index (χ3v) is 1.25. The summed E-state index contributed by atoms with van der Waals surface area (Å²) in [6.45, 7) is 5.61. The molecular weight excluding hydrogens is 124 g/mol. The number of nitrogens with one attached hydrogen (secondary N) is 1. The molecule has 0 unspecified atom stereocenters. The number of rotatable bonds is 2. The lowest BCUT2D eigenvalue weighted by Crippen LogP contribution is -1.72. The topological polar surface area (TPSA) is 28.7 Å². The maximum atomic E-state index is 3.86. The second kappa shape index (κ2) is 3.01. The number of H-pyrrole nitrogens is 1. The van der Waals surface area contributed by atoms with Crippen LogP contribution < -0.4 is 0 Å². The van der Waals surface area contributed by atoms with E-state index >= 15 is 0 Å². The summed E-state index contributed by atoms with van der Waals surface area (Å²) in [7, 11) is 0. The van der Waals surface area contributed by atoms with Crippen LogP contribution in [0.1, 0.15) is 18.2 Å². The molecule has 0 saturated carbocycles. The molecule has 1 heterocycles. The van der Waals surface area contributed by atoms with Crippen LogP contribution in [-0.2, 0) is 0 Å². The van der Waals surface area contributed by atoms with Crippen LogP contribution in [0, 0.1) is 0 Å². The number of aromatic amines is 1. The Balaban J connectivity index is 3.00. The molecule has 0 fully saturated rings. The highest BCUT2D eigenvalue weighted by atomic mass is 15.1. The molecule has 1 rings (SSSR count). The minimum atomic E-state index is 0.970. The summed E-state index contributed by atoms with van der Waals surface area (Å²) in [5.41, 5.74) is 2.05. The predicted molar refractivity (Wildman–Crippen MR) is 43.4 cm³/mol. The zero-order chi connectivity index (χ0) is 7.40. The SMILES string of the molecule is C=Cc1[nH]ncc1C=CC. The van der Waals surface area contributed by atoms with E-state index in [2.05, 4.69) is 16.8 Å². The smallest absolute Gasteiger partial charge is 0.0644 e. The molecule has 0 bridgehead atoms. The molecule has 0 aromatic carbocycles. The van der Waals surface area contributed by atoms with E-state index in [1.54, 1.807) is 12.3 Å². The molecule has 2 heteroatoms. The summed E-state index contributed by atoms with van der Waals surface area (Å²) in [5, 5.41) is 6.68. The van der Waals surface area contributed by atoms with Gasteiger partial charge in [-0.1, -0.05) is 18.7 Å². The van der Waals surface area contributed by atoms with Gasteiger partial charge in [-0.3, -0.25) is 5.10 Å². The van der Waals surface area contributed by atoms with Gasteiger partial charge in [0.15, 0.2) is 0 Å². The zero-order valence-electron chi connectivity index (χ0n) is 5.96. The molecule has 2 nitrogen and oxygen atoms in total. The number of allylic oxidation sites excluding steroid dienone is 1. The van der Waals surface area contributed by atoms with Crippen LogP contribution in [0.3, 0.4) is 0 Å². The lowest BCUT2D eigenvalue weighted by atomic mass is 10.2. The first-order valence-corrected chi connectivity index (χ1v) is 3.17. The Morgan fingerprint density at radius 1 is 1.70 bits per heavy atom. The van der Waals surface area contributed by atoms with Crippen molar-refractivity contribution in [1.82, 2.24) is 10.2 Å². The third-order valence-electron chi connectivity index (χ3n) is 1.25. The van der Waals surface area contributed by atoms with Crippen molar-refractivity contribution in [2.45, 2.75) is 6.92 Å². The van der Waals surface area contributed by atoms with Crippen molar-refractivity contribution in [3.05, 3.63) is 30.1 Å². The fourth-order valence-electron chi connectivity index (χ4n) is 0.781. The summed E-state index contributed by atoms with van der Waals surface area (Å²) in [6, 6.07) is 0. The van der Waals surface area contributed by atoms with Gasteiger partial charge in [-0.05, 0) is 13.0 Å². The summed E-state index contributed by atoms with van der Waals surface area (Å²) in [4.78, 5) is 0. The largest absolute Gasteiger partial charge is 0.278 e. The Morgan fingerprint density at radius 3 is 3.10 bits per heavy atom. The molecule has 52 valence electrons. The van der Waals surface area contributed by atoms with Crippen LogP contribution in [0.25, 0.3) is 12.2 Å². The number of hydrogen-bond donors (Lipinski definition) is 1. The molecule has 10 heavy (non-hydrogen) atoms. The van der Waals surface area contributed by atoms with Crippen molar-refractivity contribution in [2.24, 2.45) is 0 Å². The van der Waals surface area contributed by atoms with Crippen molar-refractivity contribution in [1.29, 1.82) is 0 Å². The molecule has 0 amide bonds. The second-order valence-corrected chi connectivity index (χ2v) is 1.94. The number of aromatic nitrogens is 2. The van der Waals surface area contributed by atoms with E-state index < -0.39 is 0 Å². The van der Waals surface area contributed by atoms with Crippen molar-refractivity contribution < 1.29 is 0 Å². The van der Waals surface area contributed by atoms with Gasteiger partial charge in [0, 0.05) is 5.56 Å². The van der Waals surface area contributed by atoms with Gasteiger partial charge in [-0.15, -0.1) is 0 Å². The summed E-state index contributed by atoms with van der Waals surface area (Å²) >= 11 is 0. The monoisotopic (exact) mass is 134 g/mol. The average molecular weight is 134 g/mol. The van der Waals surface area contributed by atoms with Crippen LogP contribution >= 0.6 is 0 Å². The van der Waals surface area contributed by atoms with Gasteiger partial charge in [-0.2, -0.15) is 5.10 Å². The van der Waals surface area contributed by atoms with Gasteiger partial charge in [0.2, 0.25) is 0 Å². The van der Waals surface area contributed by atoms with Gasteiger partial charge in [0.25, 0.3) is 0 Å². The number of hydrogen-bond acceptors (Lipinski definition) is 1. The zero-order valence-corrected chi connectivity index (χ0v) is 5.96. The van der Waals surface area contributed by atoms with Crippen LogP contribution in [0.5, 0.6) is 0 Å². The molecule has 1 aromatic heterocycles.